The number of benzene rings is 3. The molecular weight excluding hydrogens is 376 g/mol. The summed E-state index contributed by atoms with van der Waals surface area (Å²) in [6, 6.07) is 19.3. The van der Waals surface area contributed by atoms with Crippen LogP contribution in [0.5, 0.6) is 11.5 Å². The largest absolute Gasteiger partial charge is 0.493 e. The van der Waals surface area contributed by atoms with E-state index in [4.69, 9.17) is 9.47 Å². The molecule has 0 heterocycles. The highest BCUT2D eigenvalue weighted by atomic mass is 32.2. The van der Waals surface area contributed by atoms with Crippen LogP contribution in [0.2, 0.25) is 0 Å². The van der Waals surface area contributed by atoms with Gasteiger partial charge in [0, 0.05) is 23.1 Å². The normalized spacial score (nSPS) is 11.0. The minimum atomic E-state index is -3.63. The van der Waals surface area contributed by atoms with Crippen LogP contribution in [0.3, 0.4) is 0 Å². The smallest absolute Gasteiger partial charge is 0.261 e. The summed E-state index contributed by atoms with van der Waals surface area (Å²) in [4.78, 5) is 0.236. The van der Waals surface area contributed by atoms with Crippen molar-refractivity contribution in [2.24, 2.45) is 0 Å². The maximum atomic E-state index is 12.5. The molecule has 7 heteroatoms. The molecule has 0 bridgehead atoms. The van der Waals surface area contributed by atoms with Gasteiger partial charge < -0.3 is 14.8 Å². The van der Waals surface area contributed by atoms with Gasteiger partial charge in [0.05, 0.1) is 19.1 Å². The maximum Gasteiger partial charge on any atom is 0.261 e. The monoisotopic (exact) mass is 398 g/mol. The van der Waals surface area contributed by atoms with Crippen LogP contribution in [0.1, 0.15) is 5.56 Å². The first-order chi connectivity index (χ1) is 13.4. The molecule has 0 atom stereocenters. The molecule has 0 aromatic heterocycles. The van der Waals surface area contributed by atoms with Gasteiger partial charge in [0.1, 0.15) is 0 Å². The number of methoxy groups -OCH3 is 2. The van der Waals surface area contributed by atoms with Gasteiger partial charge in [0.15, 0.2) is 11.5 Å². The number of nitrogens with one attached hydrogen (secondary N) is 2. The van der Waals surface area contributed by atoms with Crippen LogP contribution < -0.4 is 19.5 Å². The number of anilines is 3. The molecule has 0 saturated heterocycles. The zero-order valence-electron chi connectivity index (χ0n) is 15.9. The SMILES string of the molecule is COc1ccc(Nc2ccc(NS(=O)(=O)c3cccc(C)c3)cc2)cc1OC. The van der Waals surface area contributed by atoms with Crippen molar-refractivity contribution < 1.29 is 17.9 Å². The topological polar surface area (TPSA) is 76.7 Å². The van der Waals surface area contributed by atoms with E-state index < -0.39 is 10.0 Å². The Bertz CT molecular complexity index is 1060. The Morgan fingerprint density at radius 1 is 0.750 bits per heavy atom. The Morgan fingerprint density at radius 3 is 2.04 bits per heavy atom. The summed E-state index contributed by atoms with van der Waals surface area (Å²) < 4.78 is 38.1. The summed E-state index contributed by atoms with van der Waals surface area (Å²) in [6.45, 7) is 1.85. The van der Waals surface area contributed by atoms with Crippen LogP contribution in [-0.4, -0.2) is 22.6 Å². The summed E-state index contributed by atoms with van der Waals surface area (Å²) in [5.74, 6) is 1.27. The average Bonchev–Trinajstić information content (AvgIpc) is 2.69. The quantitative estimate of drug-likeness (QED) is 0.610. The molecule has 0 amide bonds. The molecular formula is C21H22N2O4S. The first kappa shape index (κ1) is 19.6. The molecule has 146 valence electrons. The van der Waals surface area contributed by atoms with Crippen LogP contribution in [0.25, 0.3) is 0 Å². The summed E-state index contributed by atoms with van der Waals surface area (Å²) in [5.41, 5.74) is 3.01. The number of rotatable bonds is 7. The van der Waals surface area contributed by atoms with E-state index in [1.54, 1.807) is 56.7 Å². The van der Waals surface area contributed by atoms with E-state index in [2.05, 4.69) is 10.0 Å². The molecule has 0 fully saturated rings. The highest BCUT2D eigenvalue weighted by molar-refractivity contribution is 7.92. The predicted molar refractivity (Wildman–Crippen MR) is 111 cm³/mol. The molecule has 3 aromatic carbocycles. The number of hydrogen-bond acceptors (Lipinski definition) is 5. The minimum absolute atomic E-state index is 0.236. The van der Waals surface area contributed by atoms with Crippen molar-refractivity contribution in [2.75, 3.05) is 24.3 Å². The fourth-order valence-corrected chi connectivity index (χ4v) is 3.86. The molecule has 0 radical (unpaired) electrons. The van der Waals surface area contributed by atoms with E-state index in [1.165, 1.54) is 0 Å². The van der Waals surface area contributed by atoms with Crippen LogP contribution in [-0.2, 0) is 10.0 Å². The molecule has 2 N–H and O–H groups in total. The third-order valence-corrected chi connectivity index (χ3v) is 5.49. The van der Waals surface area contributed by atoms with Gasteiger partial charge in [-0.2, -0.15) is 0 Å². The highest BCUT2D eigenvalue weighted by Gasteiger charge is 2.14. The zero-order chi connectivity index (χ0) is 20.1. The number of sulfonamides is 1. The molecule has 0 unspecified atom stereocenters. The first-order valence-electron chi connectivity index (χ1n) is 8.60. The van der Waals surface area contributed by atoms with Gasteiger partial charge in [-0.05, 0) is 61.0 Å². The summed E-state index contributed by atoms with van der Waals surface area (Å²) in [7, 11) is -0.460. The Morgan fingerprint density at radius 2 is 1.39 bits per heavy atom. The Hall–Kier alpha value is -3.19. The lowest BCUT2D eigenvalue weighted by Gasteiger charge is -2.12. The van der Waals surface area contributed by atoms with Gasteiger partial charge >= 0.3 is 0 Å². The predicted octanol–water partition coefficient (Wildman–Crippen LogP) is 4.56. The van der Waals surface area contributed by atoms with Gasteiger partial charge in [0.2, 0.25) is 0 Å². The van der Waals surface area contributed by atoms with Gasteiger partial charge in [-0.15, -0.1) is 0 Å². The van der Waals surface area contributed by atoms with E-state index >= 15 is 0 Å². The first-order valence-corrected chi connectivity index (χ1v) is 10.1. The second kappa shape index (κ2) is 8.22. The van der Waals surface area contributed by atoms with E-state index in [1.807, 2.05) is 31.2 Å². The number of aryl methyl sites for hydroxylation is 1. The average molecular weight is 398 g/mol. The van der Waals surface area contributed by atoms with Crippen LogP contribution in [0, 0.1) is 6.92 Å². The lowest BCUT2D eigenvalue weighted by atomic mass is 10.2. The molecule has 3 aromatic rings. The van der Waals surface area contributed by atoms with Crippen molar-refractivity contribution in [3.8, 4) is 11.5 Å². The molecule has 0 aliphatic heterocycles. The van der Waals surface area contributed by atoms with Crippen LogP contribution in [0.4, 0.5) is 17.1 Å². The number of hydrogen-bond donors (Lipinski definition) is 2. The van der Waals surface area contributed by atoms with Gasteiger partial charge in [-0.3, -0.25) is 4.72 Å². The molecule has 28 heavy (non-hydrogen) atoms. The van der Waals surface area contributed by atoms with Crippen LogP contribution >= 0.6 is 0 Å². The third-order valence-electron chi connectivity index (χ3n) is 4.11. The molecule has 0 saturated carbocycles. The molecule has 0 spiro atoms. The van der Waals surface area contributed by atoms with Crippen LogP contribution in [0.15, 0.2) is 71.6 Å². The number of ether oxygens (including phenoxy) is 2. The third kappa shape index (κ3) is 4.55. The zero-order valence-corrected chi connectivity index (χ0v) is 16.7. The fourth-order valence-electron chi connectivity index (χ4n) is 2.70. The summed E-state index contributed by atoms with van der Waals surface area (Å²) >= 11 is 0. The lowest BCUT2D eigenvalue weighted by molar-refractivity contribution is 0.355. The second-order valence-electron chi connectivity index (χ2n) is 6.19. The van der Waals surface area contributed by atoms with E-state index in [0.29, 0.717) is 17.2 Å². The van der Waals surface area contributed by atoms with Gasteiger partial charge in [-0.25, -0.2) is 8.42 Å². The van der Waals surface area contributed by atoms with Gasteiger partial charge in [-0.1, -0.05) is 12.1 Å². The Balaban J connectivity index is 1.73. The van der Waals surface area contributed by atoms with Gasteiger partial charge in [0.25, 0.3) is 10.0 Å². The summed E-state index contributed by atoms with van der Waals surface area (Å²) in [5, 5.41) is 3.25. The van der Waals surface area contributed by atoms with Crippen molar-refractivity contribution in [1.82, 2.24) is 0 Å². The Kier molecular flexibility index (Phi) is 5.75. The highest BCUT2D eigenvalue weighted by Crippen LogP contribution is 2.31. The van der Waals surface area contributed by atoms with E-state index in [-0.39, 0.29) is 4.90 Å². The minimum Gasteiger partial charge on any atom is -0.493 e. The van der Waals surface area contributed by atoms with E-state index in [0.717, 1.165) is 16.9 Å². The van der Waals surface area contributed by atoms with Crippen molar-refractivity contribution in [1.29, 1.82) is 0 Å². The summed E-state index contributed by atoms with van der Waals surface area (Å²) in [6.07, 6.45) is 0. The van der Waals surface area contributed by atoms with Crippen molar-refractivity contribution >= 4 is 27.1 Å². The van der Waals surface area contributed by atoms with E-state index in [9.17, 15) is 8.42 Å². The molecule has 3 rings (SSSR count). The van der Waals surface area contributed by atoms with Crippen molar-refractivity contribution in [3.63, 3.8) is 0 Å². The van der Waals surface area contributed by atoms with Crippen molar-refractivity contribution in [2.45, 2.75) is 11.8 Å². The molecule has 0 aliphatic carbocycles. The lowest BCUT2D eigenvalue weighted by Crippen LogP contribution is -2.13. The fraction of sp³-hybridized carbons (Fsp3) is 0.143. The second-order valence-corrected chi connectivity index (χ2v) is 7.88. The standard InChI is InChI=1S/C21H22N2O4S/c1-15-5-4-6-19(13-15)28(24,25)23-17-9-7-16(8-10-17)22-18-11-12-20(26-2)21(14-18)27-3/h4-14,22-23H,1-3H3. The molecule has 0 aliphatic rings. The molecule has 6 nitrogen and oxygen atoms in total. The Labute approximate surface area is 165 Å². The maximum absolute atomic E-state index is 12.5. The van der Waals surface area contributed by atoms with Crippen molar-refractivity contribution in [3.05, 3.63) is 72.3 Å².